The summed E-state index contributed by atoms with van der Waals surface area (Å²) >= 11 is 1.68. The Kier molecular flexibility index (Phi) is 8.19. The lowest BCUT2D eigenvalue weighted by molar-refractivity contribution is -0.139. The number of aliphatic hydroxyl groups is 1. The maximum Gasteiger partial charge on any atom is 0.244 e. The van der Waals surface area contributed by atoms with Crippen molar-refractivity contribution in [1.82, 2.24) is 10.2 Å². The zero-order chi connectivity index (χ0) is 25.9. The smallest absolute Gasteiger partial charge is 0.244 e. The number of amides is 3. The van der Waals surface area contributed by atoms with Gasteiger partial charge in [-0.05, 0) is 70.2 Å². The topological polar surface area (TPSA) is 108 Å². The van der Waals surface area contributed by atoms with Gasteiger partial charge in [-0.25, -0.2) is 0 Å². The minimum Gasteiger partial charge on any atom is -0.494 e. The van der Waals surface area contributed by atoms with Crippen molar-refractivity contribution in [1.29, 1.82) is 0 Å². The van der Waals surface area contributed by atoms with Crippen LogP contribution in [-0.2, 0) is 14.4 Å². The maximum atomic E-state index is 13.9. The van der Waals surface area contributed by atoms with Crippen LogP contribution in [0.2, 0.25) is 0 Å². The minimum absolute atomic E-state index is 0.0455. The first-order chi connectivity index (χ1) is 17.3. The van der Waals surface area contributed by atoms with Crippen LogP contribution in [0.25, 0.3) is 0 Å². The second-order valence-corrected chi connectivity index (χ2v) is 12.2. The molecule has 1 spiro atoms. The van der Waals surface area contributed by atoms with Crippen molar-refractivity contribution in [3.8, 4) is 5.75 Å². The lowest BCUT2D eigenvalue weighted by Crippen LogP contribution is -2.54. The Balaban J connectivity index is 1.60. The molecule has 3 amide bonds. The van der Waals surface area contributed by atoms with Gasteiger partial charge < -0.3 is 25.4 Å². The van der Waals surface area contributed by atoms with E-state index in [4.69, 9.17) is 4.74 Å². The summed E-state index contributed by atoms with van der Waals surface area (Å²) in [5, 5.41) is 15.4. The third kappa shape index (κ3) is 4.72. The van der Waals surface area contributed by atoms with Gasteiger partial charge in [0.25, 0.3) is 0 Å². The SMILES string of the molecule is CCCCNC(=O)C1N(CCCCO)C(=O)[C@@H]2[C@@H](C(=O)Nc3ccc(OCC)cc3)[C@@]3(C)CCC12S3. The molecule has 8 nitrogen and oxygen atoms in total. The monoisotopic (exact) mass is 517 g/mol. The zero-order valence-corrected chi connectivity index (χ0v) is 22.4. The normalized spacial score (nSPS) is 30.4. The van der Waals surface area contributed by atoms with Crippen LogP contribution in [0, 0.1) is 11.8 Å². The van der Waals surface area contributed by atoms with Crippen LogP contribution in [0.4, 0.5) is 5.69 Å². The van der Waals surface area contributed by atoms with E-state index in [2.05, 4.69) is 24.5 Å². The fourth-order valence-corrected chi connectivity index (χ4v) is 8.62. The van der Waals surface area contributed by atoms with Crippen molar-refractivity contribution in [3.05, 3.63) is 24.3 Å². The van der Waals surface area contributed by atoms with Gasteiger partial charge in [0, 0.05) is 30.1 Å². The number of benzene rings is 1. The Hall–Kier alpha value is -2.26. The highest BCUT2D eigenvalue weighted by Crippen LogP contribution is 2.71. The van der Waals surface area contributed by atoms with E-state index in [0.29, 0.717) is 38.2 Å². The summed E-state index contributed by atoms with van der Waals surface area (Å²) in [6.45, 7) is 7.67. The number of unbranched alkanes of at least 4 members (excludes halogenated alkanes) is 2. The fourth-order valence-electron chi connectivity index (χ4n) is 6.27. The third-order valence-corrected chi connectivity index (χ3v) is 9.86. The van der Waals surface area contributed by atoms with Crippen molar-refractivity contribution in [2.45, 2.75) is 74.8 Å². The molecule has 1 aromatic rings. The molecule has 3 saturated heterocycles. The molecule has 0 saturated carbocycles. The first-order valence-corrected chi connectivity index (χ1v) is 14.1. The molecule has 4 rings (SSSR count). The lowest BCUT2D eigenvalue weighted by Gasteiger charge is -2.34. The molecule has 3 aliphatic rings. The molecule has 3 heterocycles. The number of carbonyl (C=O) groups is 3. The molecule has 3 aliphatic heterocycles. The Morgan fingerprint density at radius 2 is 1.89 bits per heavy atom. The van der Waals surface area contributed by atoms with Gasteiger partial charge in [0.15, 0.2) is 0 Å². The number of anilines is 1. The molecule has 3 fully saturated rings. The number of fused-ring (bicyclic) bond motifs is 1. The number of hydrogen-bond acceptors (Lipinski definition) is 6. The van der Waals surface area contributed by atoms with Crippen LogP contribution in [0.15, 0.2) is 24.3 Å². The molecular formula is C27H39N3O5S. The predicted octanol–water partition coefficient (Wildman–Crippen LogP) is 3.19. The minimum atomic E-state index is -0.609. The van der Waals surface area contributed by atoms with Gasteiger partial charge >= 0.3 is 0 Å². The van der Waals surface area contributed by atoms with E-state index in [1.54, 1.807) is 16.7 Å². The molecular weight excluding hydrogens is 478 g/mol. The van der Waals surface area contributed by atoms with Gasteiger partial charge in [-0.1, -0.05) is 13.3 Å². The van der Waals surface area contributed by atoms with E-state index in [-0.39, 0.29) is 24.3 Å². The van der Waals surface area contributed by atoms with Crippen molar-refractivity contribution in [2.24, 2.45) is 11.8 Å². The first-order valence-electron chi connectivity index (χ1n) is 13.2. The number of carbonyl (C=O) groups excluding carboxylic acids is 3. The van der Waals surface area contributed by atoms with E-state index in [9.17, 15) is 19.5 Å². The summed E-state index contributed by atoms with van der Waals surface area (Å²) in [6, 6.07) is 6.66. The highest BCUT2D eigenvalue weighted by molar-refractivity contribution is 8.02. The van der Waals surface area contributed by atoms with Crippen molar-refractivity contribution < 1.29 is 24.2 Å². The first kappa shape index (κ1) is 26.8. The van der Waals surface area contributed by atoms with E-state index < -0.39 is 27.4 Å². The number of thioether (sulfide) groups is 1. The van der Waals surface area contributed by atoms with E-state index in [1.165, 1.54) is 0 Å². The van der Waals surface area contributed by atoms with Crippen molar-refractivity contribution in [3.63, 3.8) is 0 Å². The average molecular weight is 518 g/mol. The van der Waals surface area contributed by atoms with E-state index in [1.807, 2.05) is 31.2 Å². The van der Waals surface area contributed by atoms with Gasteiger partial charge in [-0.3, -0.25) is 14.4 Å². The number of aliphatic hydroxyl groups excluding tert-OH is 1. The molecule has 0 aromatic heterocycles. The van der Waals surface area contributed by atoms with Gasteiger partial charge in [-0.15, -0.1) is 11.8 Å². The fraction of sp³-hybridized carbons (Fsp3) is 0.667. The standard InChI is InChI=1S/C27H39N3O5S/c1-4-6-15-28-24(33)22-27-14-13-26(3,36-27)20(21(27)25(34)30(22)16-7-8-17-31)23(32)29-18-9-11-19(12-10-18)35-5-2/h9-12,20-22,31H,4-8,13-17H2,1-3H3,(H,28,33)(H,29,32)/t20-,21-,22?,26+,27?/m0/s1. The molecule has 36 heavy (non-hydrogen) atoms. The van der Waals surface area contributed by atoms with Gasteiger partial charge in [-0.2, -0.15) is 0 Å². The van der Waals surface area contributed by atoms with Crippen LogP contribution in [0.3, 0.4) is 0 Å². The molecule has 0 radical (unpaired) electrons. The zero-order valence-electron chi connectivity index (χ0n) is 21.5. The van der Waals surface area contributed by atoms with Crippen LogP contribution in [0.1, 0.15) is 59.3 Å². The molecule has 198 valence electrons. The predicted molar refractivity (Wildman–Crippen MR) is 141 cm³/mol. The highest BCUT2D eigenvalue weighted by atomic mass is 32.2. The average Bonchev–Trinajstić information content (AvgIpc) is 3.41. The third-order valence-electron chi connectivity index (χ3n) is 7.88. The van der Waals surface area contributed by atoms with Crippen LogP contribution in [0.5, 0.6) is 5.75 Å². The molecule has 1 aromatic carbocycles. The van der Waals surface area contributed by atoms with Gasteiger partial charge in [0.2, 0.25) is 17.7 Å². The number of likely N-dealkylation sites (tertiary alicyclic amines) is 1. The van der Waals surface area contributed by atoms with Crippen LogP contribution in [-0.4, -0.2) is 69.6 Å². The van der Waals surface area contributed by atoms with Gasteiger partial charge in [0.05, 0.1) is 23.2 Å². The van der Waals surface area contributed by atoms with Crippen LogP contribution >= 0.6 is 11.8 Å². The molecule has 2 unspecified atom stereocenters. The van der Waals surface area contributed by atoms with E-state index in [0.717, 1.165) is 31.4 Å². The van der Waals surface area contributed by atoms with E-state index >= 15 is 0 Å². The summed E-state index contributed by atoms with van der Waals surface area (Å²) in [7, 11) is 0. The van der Waals surface area contributed by atoms with Crippen LogP contribution < -0.4 is 15.4 Å². The van der Waals surface area contributed by atoms with Crippen molar-refractivity contribution in [2.75, 3.05) is 31.6 Å². The molecule has 2 bridgehead atoms. The second kappa shape index (κ2) is 11.0. The summed E-state index contributed by atoms with van der Waals surface area (Å²) < 4.78 is 4.48. The second-order valence-electron chi connectivity index (χ2n) is 10.3. The number of hydrogen-bond donors (Lipinski definition) is 3. The van der Waals surface area contributed by atoms with Gasteiger partial charge in [0.1, 0.15) is 11.8 Å². The number of nitrogens with zero attached hydrogens (tertiary/aromatic N) is 1. The number of nitrogens with one attached hydrogen (secondary N) is 2. The summed E-state index contributed by atoms with van der Waals surface area (Å²) in [4.78, 5) is 42.8. The summed E-state index contributed by atoms with van der Waals surface area (Å²) in [5.74, 6) is -0.724. The Labute approximate surface area is 217 Å². The molecule has 5 atom stereocenters. The Morgan fingerprint density at radius 3 is 2.56 bits per heavy atom. The molecule has 3 N–H and O–H groups in total. The highest BCUT2D eigenvalue weighted by Gasteiger charge is 2.76. The summed E-state index contributed by atoms with van der Waals surface area (Å²) in [5.41, 5.74) is 0.660. The van der Waals surface area contributed by atoms with Crippen molar-refractivity contribution >= 4 is 35.2 Å². The Morgan fingerprint density at radius 1 is 1.14 bits per heavy atom. The lowest BCUT2D eigenvalue weighted by atomic mass is 9.66. The largest absolute Gasteiger partial charge is 0.494 e. The Bertz CT molecular complexity index is 973. The number of ether oxygens (including phenoxy) is 1. The number of rotatable bonds is 12. The molecule has 9 heteroatoms. The maximum absolute atomic E-state index is 13.9. The quantitative estimate of drug-likeness (QED) is 0.368. The molecule has 0 aliphatic carbocycles. The summed E-state index contributed by atoms with van der Waals surface area (Å²) in [6.07, 6.45) is 4.56.